The molecule has 0 radical (unpaired) electrons. The van der Waals surface area contributed by atoms with Gasteiger partial charge in [0, 0.05) is 6.54 Å². The van der Waals surface area contributed by atoms with Crippen LogP contribution in [0.25, 0.3) is 10.2 Å². The molecule has 1 saturated heterocycles. The Bertz CT molecular complexity index is 743. The van der Waals surface area contributed by atoms with Gasteiger partial charge in [0.2, 0.25) is 5.91 Å². The molecule has 1 fully saturated rings. The van der Waals surface area contributed by atoms with Crippen molar-refractivity contribution in [3.8, 4) is 0 Å². The fourth-order valence-electron chi connectivity index (χ4n) is 2.63. The van der Waals surface area contributed by atoms with E-state index >= 15 is 0 Å². The third kappa shape index (κ3) is 2.61. The van der Waals surface area contributed by atoms with E-state index in [0.717, 1.165) is 30.6 Å². The van der Waals surface area contributed by atoms with Gasteiger partial charge < -0.3 is 15.7 Å². The molecule has 116 valence electrons. The number of carbonyl (C=O) groups excluding carboxylic acids is 1. The lowest BCUT2D eigenvalue weighted by Crippen LogP contribution is -2.38. The maximum Gasteiger partial charge on any atom is 0.346 e. The molecule has 0 spiro atoms. The summed E-state index contributed by atoms with van der Waals surface area (Å²) >= 11 is 1.12. The Morgan fingerprint density at radius 3 is 3.05 bits per heavy atom. The molecule has 7 nitrogen and oxygen atoms in total. The fraction of sp³-hybridized carbons (Fsp3) is 0.429. The largest absolute Gasteiger partial charge is 0.477 e. The summed E-state index contributed by atoms with van der Waals surface area (Å²) in [5.74, 6) is -0.498. The van der Waals surface area contributed by atoms with Crippen LogP contribution in [0.5, 0.6) is 0 Å². The first-order valence-electron chi connectivity index (χ1n) is 7.09. The minimum absolute atomic E-state index is 0.0457. The molecule has 1 atom stereocenters. The number of aromatic carboxylic acids is 1. The van der Waals surface area contributed by atoms with E-state index in [1.165, 1.54) is 6.33 Å². The number of rotatable bonds is 3. The van der Waals surface area contributed by atoms with Gasteiger partial charge in [-0.05, 0) is 31.7 Å². The van der Waals surface area contributed by atoms with Gasteiger partial charge in [0.1, 0.15) is 27.9 Å². The zero-order chi connectivity index (χ0) is 15.7. The number of nitrogens with zero attached hydrogens (tertiary/aromatic N) is 2. The van der Waals surface area contributed by atoms with Gasteiger partial charge >= 0.3 is 5.97 Å². The monoisotopic (exact) mass is 320 g/mol. The molecule has 0 unspecified atom stereocenters. The number of fused-ring (bicyclic) bond motifs is 1. The summed E-state index contributed by atoms with van der Waals surface area (Å²) in [5, 5.41) is 15.9. The number of carboxylic acid groups (broad SMARTS) is 1. The maximum atomic E-state index is 12.0. The molecule has 0 bridgehead atoms. The molecule has 0 aromatic carbocycles. The predicted octanol–water partition coefficient (Wildman–Crippen LogP) is 1.78. The molecule has 1 aliphatic rings. The number of hydrogen-bond acceptors (Lipinski definition) is 6. The second-order valence-electron chi connectivity index (χ2n) is 5.25. The van der Waals surface area contributed by atoms with Crippen molar-refractivity contribution in [2.45, 2.75) is 32.2 Å². The van der Waals surface area contributed by atoms with E-state index in [-0.39, 0.29) is 16.8 Å². The van der Waals surface area contributed by atoms with E-state index in [1.54, 1.807) is 6.92 Å². The van der Waals surface area contributed by atoms with Gasteiger partial charge in [-0.25, -0.2) is 14.8 Å². The summed E-state index contributed by atoms with van der Waals surface area (Å²) in [6, 6.07) is -0.354. The van der Waals surface area contributed by atoms with Gasteiger partial charge in [-0.1, -0.05) is 0 Å². The van der Waals surface area contributed by atoms with Crippen molar-refractivity contribution >= 4 is 39.2 Å². The standard InChI is InChI=1S/C14H16N4O3S/c1-7-9-11(18-8-4-2-3-5-15-12(8)19)16-6-17-13(9)22-10(7)14(20)21/h6,8H,2-5H2,1H3,(H,15,19)(H,20,21)(H,16,17,18)/t8-/m0/s1. The van der Waals surface area contributed by atoms with Crippen molar-refractivity contribution in [2.24, 2.45) is 0 Å². The second-order valence-corrected chi connectivity index (χ2v) is 6.25. The third-order valence-electron chi connectivity index (χ3n) is 3.77. The zero-order valence-electron chi connectivity index (χ0n) is 12.0. The number of aryl methyl sites for hydroxylation is 1. The van der Waals surface area contributed by atoms with Crippen molar-refractivity contribution in [3.05, 3.63) is 16.8 Å². The molecule has 8 heteroatoms. The number of carbonyl (C=O) groups is 2. The van der Waals surface area contributed by atoms with E-state index in [2.05, 4.69) is 20.6 Å². The average molecular weight is 320 g/mol. The minimum atomic E-state index is -0.973. The summed E-state index contributed by atoms with van der Waals surface area (Å²) in [7, 11) is 0. The van der Waals surface area contributed by atoms with Crippen LogP contribution < -0.4 is 10.6 Å². The smallest absolute Gasteiger partial charge is 0.346 e. The first kappa shape index (κ1) is 14.7. The van der Waals surface area contributed by atoms with Crippen LogP contribution in [0.3, 0.4) is 0 Å². The van der Waals surface area contributed by atoms with Crippen molar-refractivity contribution in [2.75, 3.05) is 11.9 Å². The molecule has 22 heavy (non-hydrogen) atoms. The summed E-state index contributed by atoms with van der Waals surface area (Å²) in [5.41, 5.74) is 0.629. The van der Waals surface area contributed by atoms with Crippen LogP contribution in [-0.4, -0.2) is 39.5 Å². The summed E-state index contributed by atoms with van der Waals surface area (Å²) in [4.78, 5) is 32.5. The van der Waals surface area contributed by atoms with Crippen LogP contribution in [-0.2, 0) is 4.79 Å². The predicted molar refractivity (Wildman–Crippen MR) is 83.4 cm³/mol. The molecule has 2 aromatic heterocycles. The van der Waals surface area contributed by atoms with Crippen LogP contribution in [0.4, 0.5) is 5.82 Å². The van der Waals surface area contributed by atoms with Gasteiger partial charge in [0.25, 0.3) is 0 Å². The summed E-state index contributed by atoms with van der Waals surface area (Å²) in [6.07, 6.45) is 4.03. The summed E-state index contributed by atoms with van der Waals surface area (Å²) in [6.45, 7) is 2.43. The molecule has 3 rings (SSSR count). The van der Waals surface area contributed by atoms with Crippen LogP contribution in [0.2, 0.25) is 0 Å². The molecular formula is C14H16N4O3S. The topological polar surface area (TPSA) is 104 Å². The van der Waals surface area contributed by atoms with Crippen LogP contribution in [0.1, 0.15) is 34.5 Å². The number of hydrogen-bond donors (Lipinski definition) is 3. The number of aromatic nitrogens is 2. The van der Waals surface area contributed by atoms with Crippen molar-refractivity contribution < 1.29 is 14.7 Å². The Kier molecular flexibility index (Phi) is 3.93. The Balaban J connectivity index is 2.00. The molecule has 2 aromatic rings. The van der Waals surface area contributed by atoms with Crippen LogP contribution >= 0.6 is 11.3 Å². The number of amides is 1. The van der Waals surface area contributed by atoms with Gasteiger partial charge in [0.05, 0.1) is 5.39 Å². The fourth-order valence-corrected chi connectivity index (χ4v) is 3.61. The van der Waals surface area contributed by atoms with E-state index < -0.39 is 5.97 Å². The zero-order valence-corrected chi connectivity index (χ0v) is 12.9. The lowest BCUT2D eigenvalue weighted by Gasteiger charge is -2.16. The second kappa shape index (κ2) is 5.88. The van der Waals surface area contributed by atoms with Gasteiger partial charge in [-0.15, -0.1) is 11.3 Å². The Labute approximate surface area is 130 Å². The van der Waals surface area contributed by atoms with Crippen molar-refractivity contribution in [1.29, 1.82) is 0 Å². The van der Waals surface area contributed by atoms with E-state index in [0.29, 0.717) is 28.1 Å². The normalized spacial score (nSPS) is 18.8. The molecule has 0 saturated carbocycles. The molecule has 1 amide bonds. The average Bonchev–Trinajstić information content (AvgIpc) is 2.70. The van der Waals surface area contributed by atoms with Crippen molar-refractivity contribution in [3.63, 3.8) is 0 Å². The first-order valence-corrected chi connectivity index (χ1v) is 7.91. The molecule has 1 aliphatic heterocycles. The van der Waals surface area contributed by atoms with Gasteiger partial charge in [-0.3, -0.25) is 4.79 Å². The third-order valence-corrected chi connectivity index (χ3v) is 4.96. The minimum Gasteiger partial charge on any atom is -0.477 e. The molecular weight excluding hydrogens is 304 g/mol. The Morgan fingerprint density at radius 1 is 1.45 bits per heavy atom. The summed E-state index contributed by atoms with van der Waals surface area (Å²) < 4.78 is 0. The number of anilines is 1. The van der Waals surface area contributed by atoms with Crippen molar-refractivity contribution in [1.82, 2.24) is 15.3 Å². The highest BCUT2D eigenvalue weighted by Gasteiger charge is 2.24. The highest BCUT2D eigenvalue weighted by molar-refractivity contribution is 7.20. The number of carboxylic acids is 1. The van der Waals surface area contributed by atoms with Crippen LogP contribution in [0.15, 0.2) is 6.33 Å². The van der Waals surface area contributed by atoms with Crippen LogP contribution in [0, 0.1) is 6.92 Å². The maximum absolute atomic E-state index is 12.0. The highest BCUT2D eigenvalue weighted by atomic mass is 32.1. The van der Waals surface area contributed by atoms with Gasteiger partial charge in [-0.2, -0.15) is 0 Å². The van der Waals surface area contributed by atoms with E-state index in [1.807, 2.05) is 0 Å². The molecule has 3 N–H and O–H groups in total. The van der Waals surface area contributed by atoms with E-state index in [9.17, 15) is 14.7 Å². The molecule has 0 aliphatic carbocycles. The number of thiophene rings is 1. The lowest BCUT2D eigenvalue weighted by molar-refractivity contribution is -0.121. The Morgan fingerprint density at radius 2 is 2.27 bits per heavy atom. The van der Waals surface area contributed by atoms with E-state index in [4.69, 9.17) is 0 Å². The first-order chi connectivity index (χ1) is 10.6. The number of nitrogens with one attached hydrogen (secondary N) is 2. The SMILES string of the molecule is Cc1c(C(=O)O)sc2ncnc(N[C@H]3CCCCNC3=O)c12. The lowest BCUT2D eigenvalue weighted by atomic mass is 10.1. The Hall–Kier alpha value is -2.22. The highest BCUT2D eigenvalue weighted by Crippen LogP contribution is 2.33. The quantitative estimate of drug-likeness (QED) is 0.796. The molecule has 3 heterocycles. The van der Waals surface area contributed by atoms with Gasteiger partial charge in [0.15, 0.2) is 0 Å².